The number of unbranched alkanes of at least 4 members (excludes halogenated alkanes) is 7. The van der Waals surface area contributed by atoms with Gasteiger partial charge in [-0.25, -0.2) is 4.79 Å². The van der Waals surface area contributed by atoms with Gasteiger partial charge in [0.05, 0.1) is 70.1 Å². The number of likely N-dealkylation sites (N-methyl/N-ethyl adjacent to an activating group) is 1. The van der Waals surface area contributed by atoms with Crippen LogP contribution in [0.5, 0.6) is 0 Å². The van der Waals surface area contributed by atoms with Crippen molar-refractivity contribution in [3.8, 4) is 0 Å². The Balaban J connectivity index is 1.35. The molecule has 0 aromatic carbocycles. The first kappa shape index (κ1) is 79.9. The fraction of sp³-hybridized carbons (Fsp3) is 0.903. The molecule has 15 atom stereocenters. The molecular formula is C62H111N3O24. The molecule has 0 aromatic rings. The summed E-state index contributed by atoms with van der Waals surface area (Å²) < 4.78 is 51.6. The highest BCUT2D eigenvalue weighted by Crippen LogP contribution is 2.30. The van der Waals surface area contributed by atoms with Crippen molar-refractivity contribution in [2.75, 3.05) is 92.3 Å². The Labute approximate surface area is 525 Å². The topological polar surface area (TPSA) is 404 Å². The van der Waals surface area contributed by atoms with Crippen molar-refractivity contribution in [3.05, 3.63) is 0 Å². The minimum Gasteiger partial charge on any atom is -0.447 e. The van der Waals surface area contributed by atoms with Crippen molar-refractivity contribution in [1.82, 2.24) is 16.0 Å². The number of alkyl carbamates (subject to hydrolysis) is 1. The van der Waals surface area contributed by atoms with E-state index in [0.29, 0.717) is 148 Å². The molecule has 0 aromatic heterocycles. The van der Waals surface area contributed by atoms with Gasteiger partial charge in [-0.1, -0.05) is 40.5 Å². The van der Waals surface area contributed by atoms with E-state index >= 15 is 0 Å². The molecule has 12 N–H and O–H groups in total. The summed E-state index contributed by atoms with van der Waals surface area (Å²) in [6, 6.07) is 0. The molecule has 518 valence electrons. The summed E-state index contributed by atoms with van der Waals surface area (Å²) in [6.07, 6.45) is -2.28. The molecule has 0 radical (unpaired) electrons. The average molecular weight is 1280 g/mol. The lowest BCUT2D eigenvalue weighted by Crippen LogP contribution is -2.57. The van der Waals surface area contributed by atoms with Crippen LogP contribution in [0.3, 0.4) is 0 Å². The largest absolute Gasteiger partial charge is 0.447 e. The minimum absolute atomic E-state index is 0.00136. The first-order chi connectivity index (χ1) is 42.7. The van der Waals surface area contributed by atoms with Crippen molar-refractivity contribution in [2.24, 2.45) is 17.8 Å². The molecule has 2 amide bonds. The molecule has 3 aliphatic rings. The maximum Gasteiger partial charge on any atom is 0.407 e. The van der Waals surface area contributed by atoms with Crippen molar-refractivity contribution in [3.63, 3.8) is 0 Å². The monoisotopic (exact) mass is 1280 g/mol. The Bertz CT molecular complexity index is 1880. The second kappa shape index (κ2) is 45.9. The molecule has 15 unspecified atom stereocenters. The van der Waals surface area contributed by atoms with E-state index in [1.165, 1.54) is 0 Å². The summed E-state index contributed by atoms with van der Waals surface area (Å²) in [5.74, 6) is -1.45. The highest BCUT2D eigenvalue weighted by molar-refractivity contribution is 5.79. The minimum atomic E-state index is -1.22. The van der Waals surface area contributed by atoms with Gasteiger partial charge >= 0.3 is 6.09 Å². The van der Waals surface area contributed by atoms with E-state index in [2.05, 4.69) is 16.0 Å². The second-order valence-corrected chi connectivity index (χ2v) is 24.1. The van der Waals surface area contributed by atoms with E-state index in [9.17, 15) is 74.7 Å². The molecule has 3 aliphatic heterocycles. The number of carbonyl (C=O) groups is 6. The van der Waals surface area contributed by atoms with Crippen LogP contribution in [0.2, 0.25) is 0 Å². The molecule has 27 heteroatoms. The van der Waals surface area contributed by atoms with Gasteiger partial charge in [0.1, 0.15) is 66.4 Å². The Hall–Kier alpha value is -3.30. The van der Waals surface area contributed by atoms with Gasteiger partial charge in [0.15, 0.2) is 18.9 Å². The SMILES string of the molecule is CCNC(COCCC(=O)CCCCCC(=O)CCCCOC1OC(CO)C(O)C(O)C1C)(COCCC(=O)CCCCCC(=O)CCCCOC1OC(CO)C(O)C(O)C1C)COC(=O)NCCCNC(=O)CCCCOC1OC(CO)C(O)C(O)C1C. The fourth-order valence-electron chi connectivity index (χ4n) is 10.6. The molecule has 27 nitrogen and oxygen atoms in total. The van der Waals surface area contributed by atoms with E-state index in [0.717, 1.165) is 0 Å². The number of nitrogens with one attached hydrogen (secondary N) is 3. The molecule has 0 saturated carbocycles. The normalized spacial score (nSPS) is 27.8. The number of aliphatic hydroxyl groups is 9. The van der Waals surface area contributed by atoms with E-state index in [1.54, 1.807) is 20.8 Å². The summed E-state index contributed by atoms with van der Waals surface area (Å²) in [5.41, 5.74) is -1.05. The molecular weight excluding hydrogens is 1170 g/mol. The summed E-state index contributed by atoms with van der Waals surface area (Å²) in [5, 5.41) is 97.9. The zero-order chi connectivity index (χ0) is 65.6. The molecule has 3 rings (SSSR count). The highest BCUT2D eigenvalue weighted by Gasteiger charge is 2.45. The Morgan fingerprint density at radius 3 is 1.10 bits per heavy atom. The van der Waals surface area contributed by atoms with Crippen LogP contribution < -0.4 is 16.0 Å². The lowest BCUT2D eigenvalue weighted by atomic mass is 9.92. The lowest BCUT2D eigenvalue weighted by Gasteiger charge is -2.40. The molecule has 0 aliphatic carbocycles. The van der Waals surface area contributed by atoms with Gasteiger partial charge in [-0.15, -0.1) is 0 Å². The Kier molecular flexibility index (Phi) is 41.2. The summed E-state index contributed by atoms with van der Waals surface area (Å²) in [4.78, 5) is 76.2. The standard InChI is InChI=1S/C62H111N3O24/c1-5-65-62(40-86-61(80)64-29-18-28-63-51(73)25-14-17-32-85-60-43(4)54(76)57(79)50(37-68)89-60,38-81-33-26-46(71)21-10-6-8-19-44(69)23-12-15-30-83-58-41(2)52(74)55(77)48(35-66)87-58)39-82-34-27-47(72)22-11-7-9-20-45(70)24-13-16-31-84-59-42(3)53(75)56(78)49(36-67)88-59/h41-43,48-50,52-60,65-68,74-79H,5-40H2,1-4H3,(H,63,73)(H,64,80). The number of ketones is 4. The van der Waals surface area contributed by atoms with Crippen LogP contribution in [0.4, 0.5) is 4.79 Å². The second-order valence-electron chi connectivity index (χ2n) is 24.1. The van der Waals surface area contributed by atoms with Crippen molar-refractivity contribution in [1.29, 1.82) is 0 Å². The van der Waals surface area contributed by atoms with Crippen LogP contribution in [0.1, 0.15) is 169 Å². The van der Waals surface area contributed by atoms with Crippen LogP contribution in [-0.2, 0) is 66.6 Å². The van der Waals surface area contributed by atoms with E-state index in [4.69, 9.17) is 42.6 Å². The average Bonchev–Trinajstić information content (AvgIpc) is 2.42. The van der Waals surface area contributed by atoms with E-state index in [-0.39, 0.29) is 94.5 Å². The molecule has 89 heavy (non-hydrogen) atoms. The molecule has 0 bridgehead atoms. The van der Waals surface area contributed by atoms with Gasteiger partial charge in [0.2, 0.25) is 5.91 Å². The van der Waals surface area contributed by atoms with E-state index < -0.39 is 123 Å². The Morgan fingerprint density at radius 1 is 0.404 bits per heavy atom. The van der Waals surface area contributed by atoms with Crippen LogP contribution in [-0.4, -0.2) is 253 Å². The zero-order valence-corrected chi connectivity index (χ0v) is 53.3. The van der Waals surface area contributed by atoms with Crippen LogP contribution >= 0.6 is 0 Å². The Morgan fingerprint density at radius 2 is 0.742 bits per heavy atom. The first-order valence-electron chi connectivity index (χ1n) is 32.6. The highest BCUT2D eigenvalue weighted by atomic mass is 16.7. The molecule has 3 heterocycles. The summed E-state index contributed by atoms with van der Waals surface area (Å²) in [7, 11) is 0. The van der Waals surface area contributed by atoms with Gasteiger partial charge in [0, 0.05) is 108 Å². The van der Waals surface area contributed by atoms with E-state index in [1.807, 2.05) is 6.92 Å². The number of carbonyl (C=O) groups excluding carboxylic acids is 6. The quantitative estimate of drug-likeness (QED) is 0.0382. The summed E-state index contributed by atoms with van der Waals surface area (Å²) >= 11 is 0. The van der Waals surface area contributed by atoms with Crippen LogP contribution in [0.25, 0.3) is 0 Å². The van der Waals surface area contributed by atoms with Crippen LogP contribution in [0.15, 0.2) is 0 Å². The van der Waals surface area contributed by atoms with Gasteiger partial charge in [-0.3, -0.25) is 24.0 Å². The predicted molar refractivity (Wildman–Crippen MR) is 321 cm³/mol. The number of ether oxygens (including phenoxy) is 9. The third-order valence-electron chi connectivity index (χ3n) is 16.5. The first-order valence-corrected chi connectivity index (χ1v) is 32.6. The number of Topliss-reactive ketones (excluding diaryl/α,β-unsaturated/α-hetero) is 4. The van der Waals surface area contributed by atoms with Crippen molar-refractivity contribution in [2.45, 2.75) is 248 Å². The maximum absolute atomic E-state index is 13.0. The van der Waals surface area contributed by atoms with Gasteiger partial charge in [-0.05, 0) is 77.2 Å². The smallest absolute Gasteiger partial charge is 0.407 e. The van der Waals surface area contributed by atoms with Gasteiger partial charge < -0.3 is 105 Å². The lowest BCUT2D eigenvalue weighted by molar-refractivity contribution is -0.282. The maximum atomic E-state index is 13.0. The number of amides is 2. The third-order valence-corrected chi connectivity index (χ3v) is 16.5. The predicted octanol–water partition coefficient (Wildman–Crippen LogP) is 1.34. The number of aliphatic hydroxyl groups excluding tert-OH is 9. The molecule has 3 fully saturated rings. The summed E-state index contributed by atoms with van der Waals surface area (Å²) in [6.45, 7) is 7.33. The fourth-order valence-corrected chi connectivity index (χ4v) is 10.6. The number of rotatable bonds is 51. The van der Waals surface area contributed by atoms with Crippen LogP contribution in [0, 0.1) is 17.8 Å². The van der Waals surface area contributed by atoms with Gasteiger partial charge in [-0.2, -0.15) is 0 Å². The zero-order valence-electron chi connectivity index (χ0n) is 53.3. The van der Waals surface area contributed by atoms with Gasteiger partial charge in [0.25, 0.3) is 0 Å². The number of hydrogen-bond acceptors (Lipinski definition) is 25. The molecule has 0 spiro atoms. The third kappa shape index (κ3) is 31.0. The molecule has 3 saturated heterocycles. The number of hydrogen-bond donors (Lipinski definition) is 12. The van der Waals surface area contributed by atoms with Crippen molar-refractivity contribution >= 4 is 35.1 Å². The van der Waals surface area contributed by atoms with Crippen molar-refractivity contribution < 1.29 is 117 Å².